The second kappa shape index (κ2) is 8.88. The summed E-state index contributed by atoms with van der Waals surface area (Å²) < 4.78 is 5.67. The van der Waals surface area contributed by atoms with Gasteiger partial charge in [-0.2, -0.15) is 0 Å². The standard InChI is InChI=1S/C26H28N2O3/c1-4-16(2)31-26(30)23-17(3)28-21-14-19(18-10-6-5-7-11-18)15-22(29)24(21)25(23)20-12-8-9-13-27-20/h5-13,16,19,25,28H,4,14-15H2,1-3H3/t16-,19-,25+/m1/s1. The van der Waals surface area contributed by atoms with E-state index < -0.39 is 5.92 Å². The van der Waals surface area contributed by atoms with E-state index in [1.165, 1.54) is 0 Å². The average Bonchev–Trinajstić information content (AvgIpc) is 2.79. The van der Waals surface area contributed by atoms with Crippen molar-refractivity contribution in [3.05, 3.63) is 88.5 Å². The third kappa shape index (κ3) is 4.18. The smallest absolute Gasteiger partial charge is 0.337 e. The van der Waals surface area contributed by atoms with Gasteiger partial charge in [0, 0.05) is 29.6 Å². The first kappa shape index (κ1) is 21.0. The number of dihydropyridines is 1. The molecule has 2 aromatic rings. The lowest BCUT2D eigenvalue weighted by Gasteiger charge is -2.36. The number of ether oxygens (including phenoxy) is 1. The Morgan fingerprint density at radius 1 is 1.16 bits per heavy atom. The number of nitrogens with one attached hydrogen (secondary N) is 1. The fraction of sp³-hybridized carbons (Fsp3) is 0.346. The van der Waals surface area contributed by atoms with E-state index in [0.717, 1.165) is 29.8 Å². The van der Waals surface area contributed by atoms with Crippen LogP contribution in [0.1, 0.15) is 63.1 Å². The number of pyridine rings is 1. The number of nitrogens with zero attached hydrogens (tertiary/aromatic N) is 1. The van der Waals surface area contributed by atoms with E-state index in [9.17, 15) is 9.59 Å². The van der Waals surface area contributed by atoms with Gasteiger partial charge in [0.15, 0.2) is 5.78 Å². The van der Waals surface area contributed by atoms with Gasteiger partial charge in [-0.15, -0.1) is 0 Å². The lowest BCUT2D eigenvalue weighted by Crippen LogP contribution is -2.36. The number of esters is 1. The largest absolute Gasteiger partial charge is 0.459 e. The Bertz CT molecular complexity index is 1040. The first-order valence-electron chi connectivity index (χ1n) is 10.9. The van der Waals surface area contributed by atoms with E-state index in [0.29, 0.717) is 23.3 Å². The van der Waals surface area contributed by atoms with Crippen molar-refractivity contribution in [1.29, 1.82) is 0 Å². The number of hydrogen-bond donors (Lipinski definition) is 1. The lowest BCUT2D eigenvalue weighted by molar-refractivity contribution is -0.144. The number of Topliss-reactive ketones (excluding diaryl/α,β-unsaturated/α-hetero) is 1. The zero-order chi connectivity index (χ0) is 22.0. The highest BCUT2D eigenvalue weighted by molar-refractivity contribution is 6.04. The van der Waals surface area contributed by atoms with Gasteiger partial charge in [0.25, 0.3) is 0 Å². The van der Waals surface area contributed by atoms with Gasteiger partial charge in [-0.3, -0.25) is 9.78 Å². The molecule has 0 saturated carbocycles. The van der Waals surface area contributed by atoms with Crippen molar-refractivity contribution in [3.8, 4) is 0 Å². The molecule has 0 unspecified atom stereocenters. The number of carbonyl (C=O) groups is 2. The maximum absolute atomic E-state index is 13.4. The van der Waals surface area contributed by atoms with Crippen molar-refractivity contribution in [3.63, 3.8) is 0 Å². The Hall–Kier alpha value is -3.21. The van der Waals surface area contributed by atoms with Crippen LogP contribution in [-0.4, -0.2) is 22.8 Å². The summed E-state index contributed by atoms with van der Waals surface area (Å²) in [5.74, 6) is -0.733. The molecular weight excluding hydrogens is 388 g/mol. The molecule has 0 radical (unpaired) electrons. The van der Waals surface area contributed by atoms with E-state index in [-0.39, 0.29) is 23.8 Å². The molecule has 3 atom stereocenters. The molecule has 2 aliphatic rings. The van der Waals surface area contributed by atoms with Crippen LogP contribution in [0.3, 0.4) is 0 Å². The summed E-state index contributed by atoms with van der Waals surface area (Å²) in [5, 5.41) is 3.38. The van der Waals surface area contributed by atoms with Crippen molar-refractivity contribution >= 4 is 11.8 Å². The number of carbonyl (C=O) groups excluding carboxylic acids is 2. The average molecular weight is 417 g/mol. The second-order valence-electron chi connectivity index (χ2n) is 8.31. The monoisotopic (exact) mass is 416 g/mol. The van der Waals surface area contributed by atoms with Crippen molar-refractivity contribution < 1.29 is 14.3 Å². The van der Waals surface area contributed by atoms with Crippen molar-refractivity contribution in [2.75, 3.05) is 0 Å². The Morgan fingerprint density at radius 2 is 1.90 bits per heavy atom. The molecule has 0 bridgehead atoms. The molecule has 1 aliphatic heterocycles. The van der Waals surface area contributed by atoms with Crippen LogP contribution in [0.4, 0.5) is 0 Å². The summed E-state index contributed by atoms with van der Waals surface area (Å²) >= 11 is 0. The zero-order valence-electron chi connectivity index (χ0n) is 18.2. The highest BCUT2D eigenvalue weighted by Gasteiger charge is 2.42. The minimum atomic E-state index is -0.516. The van der Waals surface area contributed by atoms with Gasteiger partial charge in [0.1, 0.15) is 0 Å². The Balaban J connectivity index is 1.76. The molecule has 1 aromatic heterocycles. The normalized spacial score (nSPS) is 22.0. The highest BCUT2D eigenvalue weighted by Crippen LogP contribution is 2.45. The molecule has 0 fully saturated rings. The molecule has 2 heterocycles. The Morgan fingerprint density at radius 3 is 2.58 bits per heavy atom. The van der Waals surface area contributed by atoms with Gasteiger partial charge in [-0.1, -0.05) is 43.3 Å². The molecule has 5 nitrogen and oxygen atoms in total. The van der Waals surface area contributed by atoms with Crippen LogP contribution < -0.4 is 5.32 Å². The van der Waals surface area contributed by atoms with Gasteiger partial charge >= 0.3 is 5.97 Å². The van der Waals surface area contributed by atoms with Crippen LogP contribution >= 0.6 is 0 Å². The fourth-order valence-corrected chi connectivity index (χ4v) is 4.44. The van der Waals surface area contributed by atoms with Crippen LogP contribution in [0.15, 0.2) is 77.3 Å². The number of aromatic nitrogens is 1. The minimum Gasteiger partial charge on any atom is -0.459 e. The molecule has 1 aliphatic carbocycles. The summed E-state index contributed by atoms with van der Waals surface area (Å²) in [7, 11) is 0. The van der Waals surface area contributed by atoms with Gasteiger partial charge in [0.05, 0.1) is 23.3 Å². The Labute approximate surface area is 183 Å². The van der Waals surface area contributed by atoms with Crippen LogP contribution in [-0.2, 0) is 14.3 Å². The van der Waals surface area contributed by atoms with Crippen LogP contribution in [0.25, 0.3) is 0 Å². The van der Waals surface area contributed by atoms with Gasteiger partial charge in [0.2, 0.25) is 0 Å². The quantitative estimate of drug-likeness (QED) is 0.710. The molecule has 0 saturated heterocycles. The van der Waals surface area contributed by atoms with Crippen molar-refractivity contribution in [2.24, 2.45) is 0 Å². The predicted octanol–water partition coefficient (Wildman–Crippen LogP) is 4.78. The maximum Gasteiger partial charge on any atom is 0.337 e. The van der Waals surface area contributed by atoms with Crippen LogP contribution in [0.2, 0.25) is 0 Å². The van der Waals surface area contributed by atoms with Crippen LogP contribution in [0, 0.1) is 0 Å². The summed E-state index contributed by atoms with van der Waals surface area (Å²) in [6, 6.07) is 15.7. The molecule has 4 rings (SSSR count). The summed E-state index contributed by atoms with van der Waals surface area (Å²) in [5.41, 5.74) is 4.58. The molecule has 1 N–H and O–H groups in total. The van der Waals surface area contributed by atoms with Crippen LogP contribution in [0.5, 0.6) is 0 Å². The number of benzene rings is 1. The molecule has 0 spiro atoms. The van der Waals surface area contributed by atoms with E-state index in [1.54, 1.807) is 6.20 Å². The molecule has 0 amide bonds. The summed E-state index contributed by atoms with van der Waals surface area (Å²) in [4.78, 5) is 31.1. The number of ketones is 1. The highest BCUT2D eigenvalue weighted by atomic mass is 16.5. The predicted molar refractivity (Wildman–Crippen MR) is 119 cm³/mol. The molecule has 5 heteroatoms. The first-order chi connectivity index (χ1) is 15.0. The Kier molecular flexibility index (Phi) is 6.03. The van der Waals surface area contributed by atoms with E-state index >= 15 is 0 Å². The maximum atomic E-state index is 13.4. The van der Waals surface area contributed by atoms with E-state index in [2.05, 4.69) is 22.4 Å². The molecular formula is C26H28N2O3. The lowest BCUT2D eigenvalue weighted by atomic mass is 9.73. The SMILES string of the molecule is CC[C@@H](C)OC(=O)C1=C(C)NC2=C(C(=O)C[C@H](c3ccccc3)C2)[C@H]1c1ccccn1. The molecule has 1 aromatic carbocycles. The number of rotatable bonds is 5. The summed E-state index contributed by atoms with van der Waals surface area (Å²) in [6.45, 7) is 5.73. The van der Waals surface area contributed by atoms with Crippen molar-refractivity contribution in [2.45, 2.75) is 58.0 Å². The summed E-state index contributed by atoms with van der Waals surface area (Å²) in [6.07, 6.45) is 3.37. The zero-order valence-corrected chi connectivity index (χ0v) is 18.2. The third-order valence-electron chi connectivity index (χ3n) is 6.19. The third-order valence-corrected chi connectivity index (χ3v) is 6.19. The fourth-order valence-electron chi connectivity index (χ4n) is 4.44. The van der Waals surface area contributed by atoms with E-state index in [1.807, 2.05) is 57.2 Å². The number of hydrogen-bond acceptors (Lipinski definition) is 5. The molecule has 160 valence electrons. The topological polar surface area (TPSA) is 68.3 Å². The van der Waals surface area contributed by atoms with Gasteiger partial charge < -0.3 is 10.1 Å². The van der Waals surface area contributed by atoms with Gasteiger partial charge in [-0.25, -0.2) is 4.79 Å². The van der Waals surface area contributed by atoms with E-state index in [4.69, 9.17) is 4.74 Å². The molecule has 31 heavy (non-hydrogen) atoms. The minimum absolute atomic E-state index is 0.0552. The number of allylic oxidation sites excluding steroid dienone is 3. The first-order valence-corrected chi connectivity index (χ1v) is 10.9. The second-order valence-corrected chi connectivity index (χ2v) is 8.31. The van der Waals surface area contributed by atoms with Crippen molar-refractivity contribution in [1.82, 2.24) is 10.3 Å². The van der Waals surface area contributed by atoms with Gasteiger partial charge in [-0.05, 0) is 50.3 Å².